The summed E-state index contributed by atoms with van der Waals surface area (Å²) in [5, 5.41) is 11.5. The van der Waals surface area contributed by atoms with Gasteiger partial charge in [0.2, 0.25) is 5.91 Å². The van der Waals surface area contributed by atoms with Crippen LogP contribution in [0.5, 0.6) is 0 Å². The standard InChI is InChI=1S/C9H17NO2S/c1-7(5-11)10-8(12)4-9(6-13)2-3-9/h7,11,13H,2-6H2,1H3,(H,10,12). The molecule has 1 saturated carbocycles. The predicted molar refractivity (Wildman–Crippen MR) is 54.8 cm³/mol. The smallest absolute Gasteiger partial charge is 0.220 e. The normalized spacial score (nSPS) is 20.8. The number of carbonyl (C=O) groups is 1. The summed E-state index contributed by atoms with van der Waals surface area (Å²) in [6, 6.07) is -0.136. The topological polar surface area (TPSA) is 49.3 Å². The van der Waals surface area contributed by atoms with Crippen molar-refractivity contribution in [3.05, 3.63) is 0 Å². The number of nitrogens with one attached hydrogen (secondary N) is 1. The molecular weight excluding hydrogens is 186 g/mol. The van der Waals surface area contributed by atoms with Crippen LogP contribution in [0.2, 0.25) is 0 Å². The molecule has 1 atom stereocenters. The molecule has 0 saturated heterocycles. The number of amides is 1. The highest BCUT2D eigenvalue weighted by molar-refractivity contribution is 7.80. The molecule has 1 fully saturated rings. The van der Waals surface area contributed by atoms with Crippen molar-refractivity contribution in [3.8, 4) is 0 Å². The average Bonchev–Trinajstić information content (AvgIpc) is 2.85. The van der Waals surface area contributed by atoms with Gasteiger partial charge in [0.25, 0.3) is 0 Å². The highest BCUT2D eigenvalue weighted by atomic mass is 32.1. The molecule has 4 heteroatoms. The fourth-order valence-corrected chi connectivity index (χ4v) is 1.71. The zero-order valence-corrected chi connectivity index (χ0v) is 8.81. The molecule has 0 spiro atoms. The number of hydrogen-bond acceptors (Lipinski definition) is 3. The Hall–Kier alpha value is -0.220. The molecule has 1 aliphatic carbocycles. The number of aliphatic hydroxyl groups is 1. The van der Waals surface area contributed by atoms with Crippen molar-refractivity contribution in [2.75, 3.05) is 12.4 Å². The van der Waals surface area contributed by atoms with E-state index in [2.05, 4.69) is 17.9 Å². The molecule has 1 amide bonds. The Morgan fingerprint density at radius 2 is 2.31 bits per heavy atom. The van der Waals surface area contributed by atoms with E-state index in [-0.39, 0.29) is 24.0 Å². The number of thiol groups is 1. The first-order valence-electron chi connectivity index (χ1n) is 4.63. The summed E-state index contributed by atoms with van der Waals surface area (Å²) >= 11 is 4.22. The summed E-state index contributed by atoms with van der Waals surface area (Å²) in [4.78, 5) is 11.4. The van der Waals surface area contributed by atoms with E-state index < -0.39 is 0 Å². The first-order chi connectivity index (χ1) is 6.12. The van der Waals surface area contributed by atoms with Crippen LogP contribution in [0.4, 0.5) is 0 Å². The zero-order valence-electron chi connectivity index (χ0n) is 7.92. The summed E-state index contributed by atoms with van der Waals surface area (Å²) < 4.78 is 0. The predicted octanol–water partition coefficient (Wildman–Crippen LogP) is 0.584. The van der Waals surface area contributed by atoms with Crippen LogP contribution < -0.4 is 5.32 Å². The van der Waals surface area contributed by atoms with E-state index in [0.29, 0.717) is 6.42 Å². The van der Waals surface area contributed by atoms with Gasteiger partial charge in [0.15, 0.2) is 0 Å². The highest BCUT2D eigenvalue weighted by Crippen LogP contribution is 2.49. The fourth-order valence-electron chi connectivity index (χ4n) is 1.28. The molecule has 0 aromatic rings. The molecule has 0 aromatic carbocycles. The fraction of sp³-hybridized carbons (Fsp3) is 0.889. The summed E-state index contributed by atoms with van der Waals surface area (Å²) in [5.41, 5.74) is 0.169. The van der Waals surface area contributed by atoms with Crippen LogP contribution >= 0.6 is 12.6 Å². The Bertz CT molecular complexity index is 192. The van der Waals surface area contributed by atoms with Crippen LogP contribution in [0, 0.1) is 5.41 Å². The van der Waals surface area contributed by atoms with E-state index in [4.69, 9.17) is 5.11 Å². The van der Waals surface area contributed by atoms with E-state index in [0.717, 1.165) is 18.6 Å². The first-order valence-corrected chi connectivity index (χ1v) is 5.26. The van der Waals surface area contributed by atoms with Crippen molar-refractivity contribution in [3.63, 3.8) is 0 Å². The van der Waals surface area contributed by atoms with Crippen molar-refractivity contribution in [1.29, 1.82) is 0 Å². The van der Waals surface area contributed by atoms with Gasteiger partial charge >= 0.3 is 0 Å². The summed E-state index contributed by atoms with van der Waals surface area (Å²) in [6.45, 7) is 1.79. The molecule has 0 aliphatic heterocycles. The number of hydrogen-bond donors (Lipinski definition) is 3. The van der Waals surface area contributed by atoms with Crippen molar-refractivity contribution in [2.24, 2.45) is 5.41 Å². The molecule has 3 nitrogen and oxygen atoms in total. The van der Waals surface area contributed by atoms with Gasteiger partial charge in [-0.1, -0.05) is 0 Å². The second kappa shape index (κ2) is 4.33. The minimum atomic E-state index is -0.136. The lowest BCUT2D eigenvalue weighted by Gasteiger charge is -2.14. The van der Waals surface area contributed by atoms with Gasteiger partial charge in [0.1, 0.15) is 0 Å². The molecule has 1 rings (SSSR count). The maximum atomic E-state index is 11.4. The Labute approximate surface area is 84.3 Å². The molecule has 13 heavy (non-hydrogen) atoms. The van der Waals surface area contributed by atoms with E-state index in [1.165, 1.54) is 0 Å². The highest BCUT2D eigenvalue weighted by Gasteiger charge is 2.42. The molecule has 1 unspecified atom stereocenters. The largest absolute Gasteiger partial charge is 0.394 e. The Morgan fingerprint density at radius 1 is 1.69 bits per heavy atom. The van der Waals surface area contributed by atoms with E-state index >= 15 is 0 Å². The van der Waals surface area contributed by atoms with Crippen LogP contribution in [0.3, 0.4) is 0 Å². The van der Waals surface area contributed by atoms with Gasteiger partial charge in [-0.3, -0.25) is 4.79 Å². The molecule has 0 radical (unpaired) electrons. The summed E-state index contributed by atoms with van der Waals surface area (Å²) in [5.74, 6) is 0.821. The molecule has 2 N–H and O–H groups in total. The van der Waals surface area contributed by atoms with Crippen molar-refractivity contribution in [1.82, 2.24) is 5.32 Å². The third-order valence-electron chi connectivity index (χ3n) is 2.51. The van der Waals surface area contributed by atoms with Gasteiger partial charge < -0.3 is 10.4 Å². The van der Waals surface area contributed by atoms with Gasteiger partial charge in [-0.15, -0.1) is 0 Å². The zero-order chi connectivity index (χ0) is 9.90. The Morgan fingerprint density at radius 3 is 2.69 bits per heavy atom. The van der Waals surface area contributed by atoms with Crippen molar-refractivity contribution in [2.45, 2.75) is 32.2 Å². The average molecular weight is 203 g/mol. The van der Waals surface area contributed by atoms with Gasteiger partial charge in [-0.2, -0.15) is 12.6 Å². The summed E-state index contributed by atoms with van der Waals surface area (Å²) in [7, 11) is 0. The van der Waals surface area contributed by atoms with Gasteiger partial charge in [-0.25, -0.2) is 0 Å². The maximum Gasteiger partial charge on any atom is 0.220 e. The van der Waals surface area contributed by atoms with Gasteiger partial charge in [-0.05, 0) is 30.9 Å². The summed E-state index contributed by atoms with van der Waals surface area (Å²) in [6.07, 6.45) is 2.77. The van der Waals surface area contributed by atoms with E-state index in [9.17, 15) is 4.79 Å². The lowest BCUT2D eigenvalue weighted by Crippen LogP contribution is -2.36. The van der Waals surface area contributed by atoms with Crippen molar-refractivity contribution < 1.29 is 9.90 Å². The van der Waals surface area contributed by atoms with E-state index in [1.54, 1.807) is 6.92 Å². The monoisotopic (exact) mass is 203 g/mol. The number of rotatable bonds is 5. The second-order valence-corrected chi connectivity index (χ2v) is 4.30. The Balaban J connectivity index is 2.25. The molecular formula is C9H17NO2S. The molecule has 0 bridgehead atoms. The van der Waals surface area contributed by atoms with Crippen LogP contribution in [0.25, 0.3) is 0 Å². The number of aliphatic hydroxyl groups excluding tert-OH is 1. The molecule has 0 aromatic heterocycles. The minimum Gasteiger partial charge on any atom is -0.394 e. The van der Waals surface area contributed by atoms with Crippen LogP contribution in [-0.4, -0.2) is 29.4 Å². The van der Waals surface area contributed by atoms with Gasteiger partial charge in [0.05, 0.1) is 6.61 Å². The Kier molecular flexibility index (Phi) is 3.62. The minimum absolute atomic E-state index is 0.000382. The number of carbonyl (C=O) groups excluding carboxylic acids is 1. The maximum absolute atomic E-state index is 11.4. The molecule has 76 valence electrons. The molecule has 1 aliphatic rings. The van der Waals surface area contributed by atoms with E-state index in [1.807, 2.05) is 0 Å². The third kappa shape index (κ3) is 3.19. The van der Waals surface area contributed by atoms with Crippen LogP contribution in [0.15, 0.2) is 0 Å². The van der Waals surface area contributed by atoms with Crippen LogP contribution in [0.1, 0.15) is 26.2 Å². The van der Waals surface area contributed by atoms with Crippen LogP contribution in [-0.2, 0) is 4.79 Å². The molecule has 0 heterocycles. The third-order valence-corrected chi connectivity index (χ3v) is 3.18. The second-order valence-electron chi connectivity index (χ2n) is 3.99. The van der Waals surface area contributed by atoms with Gasteiger partial charge in [0, 0.05) is 12.5 Å². The van der Waals surface area contributed by atoms with Crippen molar-refractivity contribution >= 4 is 18.5 Å². The SMILES string of the molecule is CC(CO)NC(=O)CC1(CS)CC1. The lowest BCUT2D eigenvalue weighted by molar-refractivity contribution is -0.123. The first kappa shape index (κ1) is 10.9. The lowest BCUT2D eigenvalue weighted by atomic mass is 10.1. The quantitative estimate of drug-likeness (QED) is 0.573.